The Hall–Kier alpha value is -1.70. The number of hydrogen-bond donors (Lipinski definition) is 0. The first-order valence-corrected chi connectivity index (χ1v) is 5.55. The number of halogens is 1. The maximum Gasteiger partial charge on any atom is 0.131 e. The maximum atomic E-state index is 13.7. The molecule has 0 aliphatic heterocycles. The minimum atomic E-state index is -0.157. The van der Waals surface area contributed by atoms with Gasteiger partial charge in [-0.2, -0.15) is 0 Å². The second kappa shape index (κ2) is 3.71. The lowest BCUT2D eigenvalue weighted by atomic mass is 9.98. The first-order chi connectivity index (χ1) is 7.86. The number of rotatable bonds is 2. The van der Waals surface area contributed by atoms with Crippen molar-refractivity contribution in [3.8, 4) is 11.1 Å². The number of hydrogen-bond acceptors (Lipinski definition) is 1. The summed E-state index contributed by atoms with van der Waals surface area (Å²) in [5, 5.41) is 0. The molecule has 2 heteroatoms. The van der Waals surface area contributed by atoms with Gasteiger partial charge in [-0.3, -0.25) is 4.98 Å². The number of benzene rings is 1. The highest BCUT2D eigenvalue weighted by atomic mass is 19.1. The molecule has 0 saturated heterocycles. The Morgan fingerprint density at radius 1 is 1.06 bits per heavy atom. The normalized spacial score (nSPS) is 15.1. The molecular formula is C14H12FN. The van der Waals surface area contributed by atoms with Crippen LogP contribution in [0.3, 0.4) is 0 Å². The molecule has 0 N–H and O–H groups in total. The Balaban J connectivity index is 2.15. The van der Waals surface area contributed by atoms with Crippen LogP contribution in [-0.4, -0.2) is 4.98 Å². The largest absolute Gasteiger partial charge is 0.264 e. The van der Waals surface area contributed by atoms with Gasteiger partial charge in [-0.1, -0.05) is 18.2 Å². The summed E-state index contributed by atoms with van der Waals surface area (Å²) in [5.74, 6) is 0.430. The van der Waals surface area contributed by atoms with Crippen molar-refractivity contribution in [1.29, 1.82) is 0 Å². The summed E-state index contributed by atoms with van der Waals surface area (Å²) in [7, 11) is 0. The predicted octanol–water partition coefficient (Wildman–Crippen LogP) is 3.77. The summed E-state index contributed by atoms with van der Waals surface area (Å²) < 4.78 is 13.7. The first kappa shape index (κ1) is 9.52. The molecule has 1 aromatic carbocycles. The molecule has 16 heavy (non-hydrogen) atoms. The van der Waals surface area contributed by atoms with E-state index in [4.69, 9.17) is 0 Å². The van der Waals surface area contributed by atoms with Gasteiger partial charge in [0.25, 0.3) is 0 Å². The molecule has 0 unspecified atom stereocenters. The summed E-state index contributed by atoms with van der Waals surface area (Å²) in [4.78, 5) is 4.14. The fourth-order valence-electron chi connectivity index (χ4n) is 2.05. The van der Waals surface area contributed by atoms with Crippen molar-refractivity contribution in [2.75, 3.05) is 0 Å². The van der Waals surface area contributed by atoms with Crippen molar-refractivity contribution in [2.24, 2.45) is 0 Å². The number of aromatic nitrogens is 1. The lowest BCUT2D eigenvalue weighted by Crippen LogP contribution is -1.91. The van der Waals surface area contributed by atoms with Crippen molar-refractivity contribution in [3.05, 3.63) is 54.1 Å². The van der Waals surface area contributed by atoms with Crippen LogP contribution < -0.4 is 0 Å². The van der Waals surface area contributed by atoms with Gasteiger partial charge in [0, 0.05) is 18.0 Å². The number of pyridine rings is 1. The van der Waals surface area contributed by atoms with Crippen LogP contribution in [0.15, 0.2) is 42.7 Å². The van der Waals surface area contributed by atoms with Crippen LogP contribution in [-0.2, 0) is 0 Å². The topological polar surface area (TPSA) is 12.9 Å². The lowest BCUT2D eigenvalue weighted by Gasteiger charge is -2.08. The van der Waals surface area contributed by atoms with Crippen molar-refractivity contribution in [2.45, 2.75) is 18.8 Å². The average molecular weight is 213 g/mol. The molecule has 0 bridgehead atoms. The summed E-state index contributed by atoms with van der Waals surface area (Å²) >= 11 is 0. The Morgan fingerprint density at radius 3 is 2.62 bits per heavy atom. The van der Waals surface area contributed by atoms with Crippen LogP contribution >= 0.6 is 0 Å². The van der Waals surface area contributed by atoms with Crippen LogP contribution in [0.25, 0.3) is 11.1 Å². The molecule has 0 radical (unpaired) electrons. The van der Waals surface area contributed by atoms with Crippen molar-refractivity contribution in [3.63, 3.8) is 0 Å². The van der Waals surface area contributed by atoms with Gasteiger partial charge in [0.2, 0.25) is 0 Å². The quantitative estimate of drug-likeness (QED) is 0.740. The van der Waals surface area contributed by atoms with E-state index in [1.54, 1.807) is 12.3 Å². The van der Waals surface area contributed by atoms with Gasteiger partial charge >= 0.3 is 0 Å². The van der Waals surface area contributed by atoms with Crippen LogP contribution in [0.5, 0.6) is 0 Å². The summed E-state index contributed by atoms with van der Waals surface area (Å²) in [6, 6.07) is 8.83. The smallest absolute Gasteiger partial charge is 0.131 e. The zero-order chi connectivity index (χ0) is 11.0. The van der Waals surface area contributed by atoms with Gasteiger partial charge in [-0.15, -0.1) is 0 Å². The summed E-state index contributed by atoms with van der Waals surface area (Å²) in [6.45, 7) is 0. The van der Waals surface area contributed by atoms with Gasteiger partial charge < -0.3 is 0 Å². The Bertz CT molecular complexity index is 518. The summed E-state index contributed by atoms with van der Waals surface area (Å²) in [5.41, 5.74) is 2.87. The molecule has 1 fully saturated rings. The Labute approximate surface area is 94.0 Å². The third-order valence-corrected chi connectivity index (χ3v) is 3.03. The van der Waals surface area contributed by atoms with Crippen molar-refractivity contribution >= 4 is 0 Å². The molecule has 0 atom stereocenters. The van der Waals surface area contributed by atoms with Gasteiger partial charge in [-0.05, 0) is 42.0 Å². The SMILES string of the molecule is Fc1ccccc1-c1ccncc1C1CC1. The first-order valence-electron chi connectivity index (χ1n) is 5.55. The van der Waals surface area contributed by atoms with Crippen molar-refractivity contribution < 1.29 is 4.39 Å². The van der Waals surface area contributed by atoms with Crippen LogP contribution in [0.2, 0.25) is 0 Å². The van der Waals surface area contributed by atoms with E-state index >= 15 is 0 Å². The molecular weight excluding hydrogens is 201 g/mol. The fourth-order valence-corrected chi connectivity index (χ4v) is 2.05. The zero-order valence-corrected chi connectivity index (χ0v) is 8.86. The molecule has 0 amide bonds. The highest BCUT2D eigenvalue weighted by molar-refractivity contribution is 5.68. The molecule has 2 aromatic rings. The van der Waals surface area contributed by atoms with E-state index in [0.29, 0.717) is 11.5 Å². The molecule has 1 heterocycles. The standard InChI is InChI=1S/C14H12FN/c15-14-4-2-1-3-12(14)11-7-8-16-9-13(11)10-5-6-10/h1-4,7-10H,5-6H2. The monoisotopic (exact) mass is 213 g/mol. The van der Waals surface area contributed by atoms with E-state index in [1.165, 1.54) is 24.5 Å². The predicted molar refractivity (Wildman–Crippen MR) is 61.6 cm³/mol. The molecule has 1 aliphatic carbocycles. The van der Waals surface area contributed by atoms with E-state index < -0.39 is 0 Å². The number of nitrogens with zero attached hydrogens (tertiary/aromatic N) is 1. The van der Waals surface area contributed by atoms with E-state index in [9.17, 15) is 4.39 Å². The molecule has 3 rings (SSSR count). The van der Waals surface area contributed by atoms with Crippen molar-refractivity contribution in [1.82, 2.24) is 4.98 Å². The van der Waals surface area contributed by atoms with Crippen LogP contribution in [0.1, 0.15) is 24.3 Å². The fraction of sp³-hybridized carbons (Fsp3) is 0.214. The zero-order valence-electron chi connectivity index (χ0n) is 8.86. The molecule has 0 spiro atoms. The maximum absolute atomic E-state index is 13.7. The molecule has 1 nitrogen and oxygen atoms in total. The van der Waals surface area contributed by atoms with E-state index in [-0.39, 0.29) is 5.82 Å². The van der Waals surface area contributed by atoms with E-state index in [2.05, 4.69) is 4.98 Å². The van der Waals surface area contributed by atoms with Gasteiger partial charge in [-0.25, -0.2) is 4.39 Å². The second-order valence-electron chi connectivity index (χ2n) is 4.22. The third-order valence-electron chi connectivity index (χ3n) is 3.03. The van der Waals surface area contributed by atoms with Gasteiger partial charge in [0.1, 0.15) is 5.82 Å². The van der Waals surface area contributed by atoms with E-state index in [0.717, 1.165) is 5.56 Å². The van der Waals surface area contributed by atoms with Crippen LogP contribution in [0.4, 0.5) is 4.39 Å². The van der Waals surface area contributed by atoms with Gasteiger partial charge in [0.15, 0.2) is 0 Å². The lowest BCUT2D eigenvalue weighted by molar-refractivity contribution is 0.631. The highest BCUT2D eigenvalue weighted by Crippen LogP contribution is 2.44. The van der Waals surface area contributed by atoms with Crippen LogP contribution in [0, 0.1) is 5.82 Å². The van der Waals surface area contributed by atoms with Gasteiger partial charge in [0.05, 0.1) is 0 Å². The minimum Gasteiger partial charge on any atom is -0.264 e. The highest BCUT2D eigenvalue weighted by Gasteiger charge is 2.26. The summed E-state index contributed by atoms with van der Waals surface area (Å²) in [6.07, 6.45) is 6.01. The second-order valence-corrected chi connectivity index (χ2v) is 4.22. The molecule has 80 valence electrons. The average Bonchev–Trinajstić information content (AvgIpc) is 3.14. The molecule has 1 saturated carbocycles. The third kappa shape index (κ3) is 1.60. The minimum absolute atomic E-state index is 0.157. The molecule has 1 aliphatic rings. The van der Waals surface area contributed by atoms with E-state index in [1.807, 2.05) is 24.4 Å². The molecule has 1 aromatic heterocycles. The Kier molecular flexibility index (Phi) is 2.21. The Morgan fingerprint density at radius 2 is 1.88 bits per heavy atom.